The van der Waals surface area contributed by atoms with Crippen LogP contribution in [0.15, 0.2) is 34.8 Å². The number of hydrogen-bond donors (Lipinski definition) is 0. The van der Waals surface area contributed by atoms with Crippen LogP contribution in [-0.2, 0) is 6.42 Å². The molecule has 0 amide bonds. The Morgan fingerprint density at radius 2 is 1.40 bits per heavy atom. The van der Waals surface area contributed by atoms with E-state index >= 15 is 0 Å². The molecule has 1 unspecified atom stereocenters. The first-order valence-electron chi connectivity index (χ1n) is 5.61. The van der Waals surface area contributed by atoms with E-state index in [-0.39, 0.29) is 22.0 Å². The summed E-state index contributed by atoms with van der Waals surface area (Å²) in [5.74, 6) is -3.05. The smallest absolute Gasteiger partial charge is 0.131 e. The predicted molar refractivity (Wildman–Crippen MR) is 75.8 cm³/mol. The minimum atomic E-state index is -0.873. The summed E-state index contributed by atoms with van der Waals surface area (Å²) in [6, 6.07) is 5.64. The van der Waals surface area contributed by atoms with Gasteiger partial charge in [0.15, 0.2) is 0 Å². The fraction of sp³-hybridized carbons (Fsp3) is 0.143. The normalized spacial score (nSPS) is 12.5. The maximum atomic E-state index is 13.8. The minimum absolute atomic E-state index is 0.200. The van der Waals surface area contributed by atoms with Gasteiger partial charge in [0.1, 0.15) is 23.3 Å². The third-order valence-electron chi connectivity index (χ3n) is 2.80. The van der Waals surface area contributed by atoms with Gasteiger partial charge in [-0.15, -0.1) is 0 Å². The molecule has 0 saturated heterocycles. The van der Waals surface area contributed by atoms with Crippen LogP contribution in [0, 0.1) is 23.3 Å². The highest BCUT2D eigenvalue weighted by Gasteiger charge is 2.21. The Morgan fingerprint density at radius 3 is 1.90 bits per heavy atom. The van der Waals surface area contributed by atoms with E-state index in [0.29, 0.717) is 0 Å². The van der Waals surface area contributed by atoms with Crippen LogP contribution in [0.25, 0.3) is 0 Å². The molecule has 20 heavy (non-hydrogen) atoms. The van der Waals surface area contributed by atoms with E-state index in [0.717, 1.165) is 24.3 Å². The summed E-state index contributed by atoms with van der Waals surface area (Å²) in [5.41, 5.74) is -0.466. The molecule has 0 aromatic heterocycles. The lowest BCUT2D eigenvalue weighted by atomic mass is 10.0. The summed E-state index contributed by atoms with van der Waals surface area (Å²) < 4.78 is 54.9. The number of alkyl halides is 1. The molecule has 0 aliphatic carbocycles. The fourth-order valence-corrected chi connectivity index (χ4v) is 3.02. The van der Waals surface area contributed by atoms with Crippen LogP contribution in [0.1, 0.15) is 16.0 Å². The lowest BCUT2D eigenvalue weighted by Gasteiger charge is -2.14. The summed E-state index contributed by atoms with van der Waals surface area (Å²) in [6.45, 7) is 0. The maximum absolute atomic E-state index is 13.8. The van der Waals surface area contributed by atoms with E-state index in [1.807, 2.05) is 0 Å². The van der Waals surface area contributed by atoms with E-state index in [4.69, 9.17) is 0 Å². The number of hydrogen-bond acceptors (Lipinski definition) is 0. The summed E-state index contributed by atoms with van der Waals surface area (Å²) in [4.78, 5) is -0.873. The van der Waals surface area contributed by atoms with Crippen molar-refractivity contribution in [3.63, 3.8) is 0 Å². The van der Waals surface area contributed by atoms with Crippen molar-refractivity contribution in [1.29, 1.82) is 0 Å². The van der Waals surface area contributed by atoms with Crippen molar-refractivity contribution in [2.45, 2.75) is 11.2 Å². The first-order valence-corrected chi connectivity index (χ1v) is 7.32. The third-order valence-corrected chi connectivity index (χ3v) is 4.04. The van der Waals surface area contributed by atoms with Crippen molar-refractivity contribution < 1.29 is 17.6 Å². The van der Waals surface area contributed by atoms with Crippen molar-refractivity contribution in [2.24, 2.45) is 0 Å². The predicted octanol–water partition coefficient (Wildman–Crippen LogP) is 5.68. The molecule has 1 atom stereocenters. The molecule has 0 saturated carbocycles. The van der Waals surface area contributed by atoms with Gasteiger partial charge in [-0.2, -0.15) is 0 Å². The molecule has 0 aliphatic rings. The molecule has 106 valence electrons. The zero-order chi connectivity index (χ0) is 14.9. The van der Waals surface area contributed by atoms with E-state index in [2.05, 4.69) is 31.9 Å². The Kier molecular flexibility index (Phi) is 4.86. The average molecular weight is 412 g/mol. The van der Waals surface area contributed by atoms with Gasteiger partial charge >= 0.3 is 0 Å². The summed E-state index contributed by atoms with van der Waals surface area (Å²) in [6.07, 6.45) is -0.200. The molecule has 6 heteroatoms. The molecule has 2 rings (SSSR count). The summed E-state index contributed by atoms with van der Waals surface area (Å²) >= 11 is 6.06. The molecular formula is C14H8Br2F4. The Bertz CT molecular complexity index is 600. The third kappa shape index (κ3) is 3.23. The van der Waals surface area contributed by atoms with Gasteiger partial charge in [0, 0.05) is 20.4 Å². The van der Waals surface area contributed by atoms with Crippen molar-refractivity contribution in [2.75, 3.05) is 0 Å². The van der Waals surface area contributed by atoms with Crippen LogP contribution in [0.5, 0.6) is 0 Å². The minimum Gasteiger partial charge on any atom is -0.207 e. The highest BCUT2D eigenvalue weighted by atomic mass is 79.9. The molecule has 0 nitrogen and oxygen atoms in total. The van der Waals surface area contributed by atoms with Gasteiger partial charge in [0.05, 0.1) is 0 Å². The van der Waals surface area contributed by atoms with Gasteiger partial charge in [-0.3, -0.25) is 0 Å². The average Bonchev–Trinajstić information content (AvgIpc) is 2.32. The molecule has 0 N–H and O–H groups in total. The Morgan fingerprint density at radius 1 is 0.900 bits per heavy atom. The lowest BCUT2D eigenvalue weighted by molar-refractivity contribution is 0.534. The van der Waals surface area contributed by atoms with E-state index in [1.54, 1.807) is 0 Å². The zero-order valence-corrected chi connectivity index (χ0v) is 13.1. The molecule has 0 heterocycles. The van der Waals surface area contributed by atoms with E-state index < -0.39 is 28.1 Å². The molecule has 0 radical (unpaired) electrons. The monoisotopic (exact) mass is 410 g/mol. The second kappa shape index (κ2) is 6.26. The highest BCUT2D eigenvalue weighted by Crippen LogP contribution is 2.34. The Hall–Kier alpha value is -0.880. The van der Waals surface area contributed by atoms with Crippen molar-refractivity contribution in [3.05, 3.63) is 69.2 Å². The lowest BCUT2D eigenvalue weighted by Crippen LogP contribution is -2.05. The van der Waals surface area contributed by atoms with Gasteiger partial charge < -0.3 is 0 Å². The maximum Gasteiger partial charge on any atom is 0.131 e. The Balaban J connectivity index is 2.36. The van der Waals surface area contributed by atoms with E-state index in [1.165, 1.54) is 6.07 Å². The standard InChI is InChI=1S/C14H8Br2F4/c15-7-4-12(19)14(13(20)5-7)9(16)6-8-10(17)2-1-3-11(8)18/h1-5,9H,6H2. The molecule has 2 aromatic carbocycles. The quantitative estimate of drug-likeness (QED) is 0.450. The van der Waals surface area contributed by atoms with Gasteiger partial charge in [-0.1, -0.05) is 37.9 Å². The highest BCUT2D eigenvalue weighted by molar-refractivity contribution is 9.10. The van der Waals surface area contributed by atoms with Crippen molar-refractivity contribution in [1.82, 2.24) is 0 Å². The number of rotatable bonds is 3. The second-order valence-corrected chi connectivity index (χ2v) is 6.18. The SMILES string of the molecule is Fc1cccc(F)c1CC(Br)c1c(F)cc(Br)cc1F. The fourth-order valence-electron chi connectivity index (χ4n) is 1.86. The molecule has 0 aliphatic heterocycles. The van der Waals surface area contributed by atoms with Gasteiger partial charge in [0.25, 0.3) is 0 Å². The first kappa shape index (κ1) is 15.5. The second-order valence-electron chi connectivity index (χ2n) is 4.15. The Labute approximate surface area is 130 Å². The topological polar surface area (TPSA) is 0 Å². The summed E-state index contributed by atoms with van der Waals surface area (Å²) in [7, 11) is 0. The number of benzene rings is 2. The largest absolute Gasteiger partial charge is 0.207 e. The summed E-state index contributed by atoms with van der Waals surface area (Å²) in [5, 5.41) is 0. The van der Waals surface area contributed by atoms with Crippen LogP contribution in [0.2, 0.25) is 0 Å². The number of halogens is 6. The molecule has 2 aromatic rings. The molecular weight excluding hydrogens is 404 g/mol. The molecule has 0 bridgehead atoms. The van der Waals surface area contributed by atoms with Crippen molar-refractivity contribution in [3.8, 4) is 0 Å². The first-order chi connectivity index (χ1) is 9.40. The van der Waals surface area contributed by atoms with E-state index in [9.17, 15) is 17.6 Å². The van der Waals surface area contributed by atoms with Crippen LogP contribution >= 0.6 is 31.9 Å². The van der Waals surface area contributed by atoms with Gasteiger partial charge in [-0.05, 0) is 30.7 Å². The van der Waals surface area contributed by atoms with Crippen LogP contribution < -0.4 is 0 Å². The van der Waals surface area contributed by atoms with Crippen LogP contribution in [0.3, 0.4) is 0 Å². The van der Waals surface area contributed by atoms with Gasteiger partial charge in [0.2, 0.25) is 0 Å². The zero-order valence-electron chi connectivity index (χ0n) is 9.94. The molecule has 0 spiro atoms. The van der Waals surface area contributed by atoms with Crippen molar-refractivity contribution >= 4 is 31.9 Å². The van der Waals surface area contributed by atoms with Crippen LogP contribution in [0.4, 0.5) is 17.6 Å². The molecule has 0 fully saturated rings. The van der Waals surface area contributed by atoms with Crippen LogP contribution in [-0.4, -0.2) is 0 Å². The van der Waals surface area contributed by atoms with Gasteiger partial charge in [-0.25, -0.2) is 17.6 Å².